The van der Waals surface area contributed by atoms with Gasteiger partial charge in [-0.25, -0.2) is 4.98 Å². The van der Waals surface area contributed by atoms with Crippen LogP contribution in [0.1, 0.15) is 33.4 Å². The summed E-state index contributed by atoms with van der Waals surface area (Å²) in [5.41, 5.74) is 0.108. The van der Waals surface area contributed by atoms with Crippen molar-refractivity contribution in [3.8, 4) is 0 Å². The Bertz CT molecular complexity index is 868. The van der Waals surface area contributed by atoms with Crippen LogP contribution in [0.2, 0.25) is 0 Å². The van der Waals surface area contributed by atoms with Crippen LogP contribution in [0.3, 0.4) is 0 Å². The largest absolute Gasteiger partial charge is 0.394 e. The van der Waals surface area contributed by atoms with Gasteiger partial charge in [-0.15, -0.1) is 5.10 Å². The number of aromatic amines is 1. The lowest BCUT2D eigenvalue weighted by atomic mass is 10.1. The molecule has 11 heteroatoms. The van der Waals surface area contributed by atoms with E-state index in [-0.39, 0.29) is 17.7 Å². The number of fused-ring (bicyclic) bond motifs is 2. The number of thioether (sulfide) groups is 1. The molecule has 4 rings (SSSR count). The van der Waals surface area contributed by atoms with Gasteiger partial charge in [0.05, 0.1) is 6.61 Å². The summed E-state index contributed by atoms with van der Waals surface area (Å²) in [6, 6.07) is 0. The van der Waals surface area contributed by atoms with E-state index < -0.39 is 30.3 Å². The number of nitrogens with zero attached hydrogens (tertiary/aromatic N) is 4. The number of rotatable bonds is 5. The maximum absolute atomic E-state index is 12.3. The van der Waals surface area contributed by atoms with E-state index in [4.69, 9.17) is 14.2 Å². The molecule has 0 unspecified atom stereocenters. The Balaban J connectivity index is 1.74. The van der Waals surface area contributed by atoms with Crippen LogP contribution in [-0.4, -0.2) is 66.5 Å². The number of hydrogen-bond donors (Lipinski definition) is 2. The van der Waals surface area contributed by atoms with E-state index in [1.54, 1.807) is 13.8 Å². The molecular formula is C15H21N5O5S. The summed E-state index contributed by atoms with van der Waals surface area (Å²) >= 11 is 1.46. The zero-order valence-electron chi connectivity index (χ0n) is 14.7. The van der Waals surface area contributed by atoms with Gasteiger partial charge < -0.3 is 19.3 Å². The van der Waals surface area contributed by atoms with Crippen molar-refractivity contribution >= 4 is 22.9 Å². The van der Waals surface area contributed by atoms with Crippen molar-refractivity contribution < 1.29 is 19.3 Å². The maximum Gasteiger partial charge on any atom is 0.281 e. The first kappa shape index (κ1) is 17.9. The molecule has 142 valence electrons. The number of ether oxygens (including phenoxy) is 3. The minimum Gasteiger partial charge on any atom is -0.394 e. The van der Waals surface area contributed by atoms with Gasteiger partial charge in [-0.05, 0) is 20.3 Å². The molecule has 2 aliphatic heterocycles. The van der Waals surface area contributed by atoms with E-state index >= 15 is 0 Å². The van der Waals surface area contributed by atoms with Crippen molar-refractivity contribution in [3.05, 3.63) is 10.4 Å². The third-order valence-corrected chi connectivity index (χ3v) is 5.38. The molecule has 0 amide bonds. The highest BCUT2D eigenvalue weighted by Crippen LogP contribution is 2.43. The predicted molar refractivity (Wildman–Crippen MR) is 91.8 cm³/mol. The predicted octanol–water partition coefficient (Wildman–Crippen LogP) is 0.426. The number of aromatic nitrogens is 5. The first-order valence-electron chi connectivity index (χ1n) is 8.53. The Morgan fingerprint density at radius 3 is 2.85 bits per heavy atom. The standard InChI is InChI=1S/C15H21N5O5S/c1-4-5-26-14-16-11-8(12(22)17-14)18-19-20(11)13-10-9(7(6-21)23-13)24-15(2,3)25-10/h7,9-10,13,21H,4-6H2,1-3H3,(H,16,17,22)/t7-,9-,10-,13-/m1/s1. The van der Waals surface area contributed by atoms with Gasteiger partial charge in [0.25, 0.3) is 5.56 Å². The van der Waals surface area contributed by atoms with Crippen LogP contribution in [0, 0.1) is 0 Å². The van der Waals surface area contributed by atoms with Crippen LogP contribution in [0.25, 0.3) is 11.2 Å². The fourth-order valence-corrected chi connectivity index (χ4v) is 3.97. The van der Waals surface area contributed by atoms with Gasteiger partial charge in [-0.2, -0.15) is 4.68 Å². The lowest BCUT2D eigenvalue weighted by Gasteiger charge is -2.23. The Hall–Kier alpha value is -1.53. The minimum atomic E-state index is -0.797. The summed E-state index contributed by atoms with van der Waals surface area (Å²) in [7, 11) is 0. The lowest BCUT2D eigenvalue weighted by molar-refractivity contribution is -0.201. The third-order valence-electron chi connectivity index (χ3n) is 4.30. The second-order valence-corrected chi connectivity index (χ2v) is 7.82. The quantitative estimate of drug-likeness (QED) is 0.558. The van der Waals surface area contributed by atoms with Crippen molar-refractivity contribution in [1.29, 1.82) is 0 Å². The minimum absolute atomic E-state index is 0.136. The molecule has 4 heterocycles. The molecule has 2 aromatic heterocycles. The van der Waals surface area contributed by atoms with Crippen LogP contribution in [0.15, 0.2) is 9.95 Å². The number of H-pyrrole nitrogens is 1. The number of nitrogens with one attached hydrogen (secondary N) is 1. The normalized spacial score (nSPS) is 30.2. The molecule has 2 saturated heterocycles. The monoisotopic (exact) mass is 383 g/mol. The SMILES string of the molecule is CCCSc1nc2c(nnn2[C@@H]2O[C@H](CO)[C@H]3OC(C)(C)O[C@H]32)c(=O)[nH]1. The Morgan fingerprint density at radius 2 is 2.12 bits per heavy atom. The molecule has 10 nitrogen and oxygen atoms in total. The van der Waals surface area contributed by atoms with Crippen molar-refractivity contribution in [2.75, 3.05) is 12.4 Å². The van der Waals surface area contributed by atoms with E-state index in [0.717, 1.165) is 12.2 Å². The molecule has 0 aliphatic carbocycles. The molecule has 0 saturated carbocycles. The molecule has 2 fully saturated rings. The van der Waals surface area contributed by atoms with Gasteiger partial charge in [-0.3, -0.25) is 9.78 Å². The summed E-state index contributed by atoms with van der Waals surface area (Å²) in [5.74, 6) is 0.0343. The summed E-state index contributed by atoms with van der Waals surface area (Å²) in [4.78, 5) is 19.5. The van der Waals surface area contributed by atoms with Crippen LogP contribution in [0.5, 0.6) is 0 Å². The molecule has 0 radical (unpaired) electrons. The van der Waals surface area contributed by atoms with Crippen LogP contribution in [0.4, 0.5) is 0 Å². The van der Waals surface area contributed by atoms with E-state index in [1.807, 2.05) is 0 Å². The average molecular weight is 383 g/mol. The van der Waals surface area contributed by atoms with E-state index in [1.165, 1.54) is 16.4 Å². The van der Waals surface area contributed by atoms with Gasteiger partial charge in [0.1, 0.15) is 18.3 Å². The summed E-state index contributed by atoms with van der Waals surface area (Å²) in [6.07, 6.45) is -1.21. The average Bonchev–Trinajstić information content (AvgIpc) is 3.23. The van der Waals surface area contributed by atoms with Gasteiger partial charge in [0.2, 0.25) is 0 Å². The lowest BCUT2D eigenvalue weighted by Crippen LogP contribution is -2.31. The maximum atomic E-state index is 12.3. The van der Waals surface area contributed by atoms with Gasteiger partial charge >= 0.3 is 0 Å². The molecule has 2 N–H and O–H groups in total. The van der Waals surface area contributed by atoms with Crippen molar-refractivity contribution in [2.24, 2.45) is 0 Å². The molecule has 0 aromatic carbocycles. The molecule has 2 aromatic rings. The van der Waals surface area contributed by atoms with Gasteiger partial charge in [-0.1, -0.05) is 23.9 Å². The van der Waals surface area contributed by atoms with Gasteiger partial charge in [0.15, 0.2) is 28.3 Å². The van der Waals surface area contributed by atoms with Crippen LogP contribution < -0.4 is 5.56 Å². The van der Waals surface area contributed by atoms with Crippen LogP contribution >= 0.6 is 11.8 Å². The summed E-state index contributed by atoms with van der Waals surface area (Å²) in [6.45, 7) is 5.45. The third kappa shape index (κ3) is 2.93. The molecule has 2 aliphatic rings. The summed E-state index contributed by atoms with van der Waals surface area (Å²) < 4.78 is 19.1. The molecular weight excluding hydrogens is 362 g/mol. The van der Waals surface area contributed by atoms with Crippen molar-refractivity contribution in [3.63, 3.8) is 0 Å². The Kier molecular flexibility index (Phi) is 4.51. The van der Waals surface area contributed by atoms with E-state index in [0.29, 0.717) is 10.8 Å². The highest BCUT2D eigenvalue weighted by atomic mass is 32.2. The molecule has 4 atom stereocenters. The van der Waals surface area contributed by atoms with Crippen molar-refractivity contribution in [2.45, 2.75) is 62.7 Å². The fraction of sp³-hybridized carbons (Fsp3) is 0.733. The van der Waals surface area contributed by atoms with Crippen molar-refractivity contribution in [1.82, 2.24) is 25.0 Å². The fourth-order valence-electron chi connectivity index (χ4n) is 3.26. The second-order valence-electron chi connectivity index (χ2n) is 6.74. The first-order valence-corrected chi connectivity index (χ1v) is 9.52. The van der Waals surface area contributed by atoms with Gasteiger partial charge in [0, 0.05) is 5.75 Å². The highest BCUT2D eigenvalue weighted by molar-refractivity contribution is 7.99. The smallest absolute Gasteiger partial charge is 0.281 e. The molecule has 0 spiro atoms. The van der Waals surface area contributed by atoms with Crippen LogP contribution in [-0.2, 0) is 14.2 Å². The number of aliphatic hydroxyl groups excluding tert-OH is 1. The highest BCUT2D eigenvalue weighted by Gasteiger charge is 2.56. The van der Waals surface area contributed by atoms with E-state index in [2.05, 4.69) is 27.2 Å². The van der Waals surface area contributed by atoms with E-state index in [9.17, 15) is 9.90 Å². The zero-order valence-corrected chi connectivity index (χ0v) is 15.5. The first-order chi connectivity index (χ1) is 12.4. The molecule has 26 heavy (non-hydrogen) atoms. The Labute approximate surface area is 153 Å². The number of hydrogen-bond acceptors (Lipinski definition) is 9. The number of aliphatic hydroxyl groups is 1. The zero-order chi connectivity index (χ0) is 18.5. The summed E-state index contributed by atoms with van der Waals surface area (Å²) in [5, 5.41) is 18.1. The molecule has 0 bridgehead atoms. The Morgan fingerprint density at radius 1 is 1.35 bits per heavy atom. The second kappa shape index (κ2) is 6.57. The topological polar surface area (TPSA) is 124 Å².